The molecular weight excluding hydrogens is 602 g/mol. The number of benzene rings is 2. The lowest BCUT2D eigenvalue weighted by Crippen LogP contribution is -2.47. The van der Waals surface area contributed by atoms with Crippen LogP contribution in [0.5, 0.6) is 0 Å². The van der Waals surface area contributed by atoms with Crippen LogP contribution in [0, 0.1) is 0 Å². The first-order chi connectivity index (χ1) is 19.8. The second-order valence-electron chi connectivity index (χ2n) is 10.8. The number of rotatable bonds is 5. The molecule has 2 aromatic heterocycles. The van der Waals surface area contributed by atoms with E-state index in [0.29, 0.717) is 38.8 Å². The maximum atomic E-state index is 6.22. The lowest BCUT2D eigenvalue weighted by molar-refractivity contribution is 0.315. The van der Waals surface area contributed by atoms with Gasteiger partial charge in [-0.05, 0) is 74.2 Å². The van der Waals surface area contributed by atoms with Crippen molar-refractivity contribution in [3.8, 4) is 0 Å². The molecule has 12 heteroatoms. The van der Waals surface area contributed by atoms with Crippen molar-refractivity contribution in [1.29, 1.82) is 0 Å². The zero-order valence-corrected chi connectivity index (χ0v) is 25.7. The quantitative estimate of drug-likeness (QED) is 0.221. The van der Waals surface area contributed by atoms with Gasteiger partial charge in [0.2, 0.25) is 0 Å². The summed E-state index contributed by atoms with van der Waals surface area (Å²) >= 11 is 24.3. The number of imidazole rings is 1. The molecule has 0 radical (unpaired) electrons. The molecule has 2 aliphatic rings. The van der Waals surface area contributed by atoms with E-state index in [1.54, 1.807) is 12.7 Å². The van der Waals surface area contributed by atoms with Gasteiger partial charge in [-0.1, -0.05) is 58.5 Å². The van der Waals surface area contributed by atoms with Crippen LogP contribution < -0.4 is 21.7 Å². The number of nitrogens with two attached hydrogens (primary N) is 2. The SMILES string of the molecule is NCC1(c2ccc(Cl)c(Cl)c2)CCN(c2ncnc3nc[nH]c23)CC1.NCC1(c2ccc(Cl)c(Cl)c2)CCNCC1. The molecule has 0 saturated carbocycles. The monoisotopic (exact) mass is 634 g/mol. The Kier molecular flexibility index (Phi) is 9.60. The van der Waals surface area contributed by atoms with E-state index in [1.807, 2.05) is 36.4 Å². The Hall–Kier alpha value is -2.17. The number of halogens is 4. The maximum absolute atomic E-state index is 6.22. The molecule has 4 aromatic rings. The lowest BCUT2D eigenvalue weighted by Gasteiger charge is -2.42. The fourth-order valence-corrected chi connectivity index (χ4v) is 6.51. The molecule has 2 fully saturated rings. The van der Waals surface area contributed by atoms with Gasteiger partial charge in [0.1, 0.15) is 11.8 Å². The minimum atomic E-state index is -0.0924. The van der Waals surface area contributed by atoms with Crippen LogP contribution >= 0.6 is 46.4 Å². The molecule has 2 saturated heterocycles. The molecular formula is C29H34Cl4N8. The fraction of sp³-hybridized carbons (Fsp3) is 0.414. The molecule has 6 rings (SSSR count). The van der Waals surface area contributed by atoms with Crippen molar-refractivity contribution in [1.82, 2.24) is 25.3 Å². The summed E-state index contributed by atoms with van der Waals surface area (Å²) in [6.07, 6.45) is 7.15. The van der Waals surface area contributed by atoms with Crippen molar-refractivity contribution >= 4 is 63.4 Å². The van der Waals surface area contributed by atoms with E-state index in [0.717, 1.165) is 68.8 Å². The minimum absolute atomic E-state index is 0.0689. The summed E-state index contributed by atoms with van der Waals surface area (Å²) in [6.45, 7) is 4.95. The van der Waals surface area contributed by atoms with Crippen molar-refractivity contribution in [2.24, 2.45) is 11.5 Å². The van der Waals surface area contributed by atoms with Gasteiger partial charge >= 0.3 is 0 Å². The van der Waals surface area contributed by atoms with Gasteiger partial charge < -0.3 is 26.7 Å². The summed E-state index contributed by atoms with van der Waals surface area (Å²) in [4.78, 5) is 18.2. The Balaban J connectivity index is 0.000000182. The van der Waals surface area contributed by atoms with Crippen LogP contribution in [-0.4, -0.2) is 59.2 Å². The molecule has 0 amide bonds. The number of nitrogens with zero attached hydrogens (tertiary/aromatic N) is 4. The van der Waals surface area contributed by atoms with Gasteiger partial charge in [0, 0.05) is 37.0 Å². The van der Waals surface area contributed by atoms with Gasteiger partial charge in [-0.15, -0.1) is 0 Å². The van der Waals surface area contributed by atoms with E-state index in [9.17, 15) is 0 Å². The number of nitrogens with one attached hydrogen (secondary N) is 2. The van der Waals surface area contributed by atoms with Crippen molar-refractivity contribution in [2.75, 3.05) is 44.2 Å². The first kappa shape index (κ1) is 30.3. The van der Waals surface area contributed by atoms with Gasteiger partial charge in [0.15, 0.2) is 11.5 Å². The molecule has 8 nitrogen and oxygen atoms in total. The largest absolute Gasteiger partial charge is 0.355 e. The number of anilines is 1. The number of hydrogen-bond acceptors (Lipinski definition) is 7. The minimum Gasteiger partial charge on any atom is -0.355 e. The first-order valence-corrected chi connectivity index (χ1v) is 15.2. The van der Waals surface area contributed by atoms with E-state index < -0.39 is 0 Å². The number of aromatic amines is 1. The van der Waals surface area contributed by atoms with Crippen LogP contribution in [0.4, 0.5) is 5.82 Å². The van der Waals surface area contributed by atoms with Crippen LogP contribution in [0.15, 0.2) is 49.1 Å². The molecule has 41 heavy (non-hydrogen) atoms. The van der Waals surface area contributed by atoms with Crippen LogP contribution in [0.1, 0.15) is 36.8 Å². The third-order valence-corrected chi connectivity index (χ3v) is 10.1. The zero-order chi connectivity index (χ0) is 29.0. The predicted molar refractivity (Wildman–Crippen MR) is 170 cm³/mol. The summed E-state index contributed by atoms with van der Waals surface area (Å²) in [5, 5.41) is 5.72. The van der Waals surface area contributed by atoms with Crippen LogP contribution in [0.2, 0.25) is 20.1 Å². The Bertz CT molecular complexity index is 1480. The van der Waals surface area contributed by atoms with Gasteiger partial charge in [-0.2, -0.15) is 0 Å². The summed E-state index contributed by atoms with van der Waals surface area (Å²) in [7, 11) is 0. The Labute approximate surface area is 260 Å². The third-order valence-electron chi connectivity index (χ3n) is 8.63. The van der Waals surface area contributed by atoms with Gasteiger partial charge in [0.05, 0.1) is 26.4 Å². The van der Waals surface area contributed by atoms with Crippen LogP contribution in [0.25, 0.3) is 11.2 Å². The summed E-state index contributed by atoms with van der Waals surface area (Å²) < 4.78 is 0. The lowest BCUT2D eigenvalue weighted by atomic mass is 9.73. The summed E-state index contributed by atoms with van der Waals surface area (Å²) in [6, 6.07) is 11.7. The first-order valence-electron chi connectivity index (χ1n) is 13.7. The number of H-pyrrole nitrogens is 1. The highest BCUT2D eigenvalue weighted by Crippen LogP contribution is 2.39. The molecule has 0 bridgehead atoms. The van der Waals surface area contributed by atoms with Gasteiger partial charge in [-0.3, -0.25) is 0 Å². The Morgan fingerprint density at radius 3 is 1.83 bits per heavy atom. The molecule has 0 aliphatic carbocycles. The molecule has 0 spiro atoms. The van der Waals surface area contributed by atoms with E-state index >= 15 is 0 Å². The van der Waals surface area contributed by atoms with Crippen LogP contribution in [0.3, 0.4) is 0 Å². The normalized spacial score (nSPS) is 18.1. The highest BCUT2D eigenvalue weighted by Gasteiger charge is 2.36. The average Bonchev–Trinajstić information content (AvgIpc) is 3.50. The number of piperidine rings is 2. The molecule has 0 atom stereocenters. The second kappa shape index (κ2) is 13.0. The van der Waals surface area contributed by atoms with E-state index in [1.165, 1.54) is 5.56 Å². The molecule has 2 aromatic carbocycles. The highest BCUT2D eigenvalue weighted by atomic mass is 35.5. The second-order valence-corrected chi connectivity index (χ2v) is 12.4. The number of fused-ring (bicyclic) bond motifs is 1. The van der Waals surface area contributed by atoms with E-state index in [-0.39, 0.29) is 10.8 Å². The molecule has 218 valence electrons. The molecule has 6 N–H and O–H groups in total. The van der Waals surface area contributed by atoms with Crippen molar-refractivity contribution < 1.29 is 0 Å². The smallest absolute Gasteiger partial charge is 0.182 e. The Morgan fingerprint density at radius 2 is 1.29 bits per heavy atom. The van der Waals surface area contributed by atoms with Crippen LogP contribution in [-0.2, 0) is 10.8 Å². The average molecular weight is 636 g/mol. The molecule has 2 aliphatic heterocycles. The van der Waals surface area contributed by atoms with Crippen molar-refractivity contribution in [3.05, 3.63) is 80.3 Å². The van der Waals surface area contributed by atoms with E-state index in [4.69, 9.17) is 57.9 Å². The molecule has 4 heterocycles. The standard InChI is InChI=1S/C17H18Cl2N6.C12H16Cl2N2/c18-12-2-1-11(7-13(12)19)17(8-20)3-5-25(6-4-17)16-14-15(22-9-21-14)23-10-24-16;13-10-2-1-9(7-11(10)14)12(8-15)3-5-16-6-4-12/h1-2,7,9-10H,3-6,8,20H2,(H,21,22,23,24);1-2,7,16H,3-6,8,15H2. The summed E-state index contributed by atoms with van der Waals surface area (Å²) in [5.74, 6) is 0.891. The predicted octanol–water partition coefficient (Wildman–Crippen LogP) is 5.73. The van der Waals surface area contributed by atoms with Gasteiger partial charge in [-0.25, -0.2) is 15.0 Å². The zero-order valence-electron chi connectivity index (χ0n) is 22.6. The number of hydrogen-bond donors (Lipinski definition) is 4. The highest BCUT2D eigenvalue weighted by molar-refractivity contribution is 6.42. The summed E-state index contributed by atoms with van der Waals surface area (Å²) in [5.41, 5.74) is 16.0. The van der Waals surface area contributed by atoms with Crippen molar-refractivity contribution in [2.45, 2.75) is 36.5 Å². The maximum Gasteiger partial charge on any atom is 0.182 e. The van der Waals surface area contributed by atoms with Gasteiger partial charge in [0.25, 0.3) is 0 Å². The third kappa shape index (κ3) is 6.30. The fourth-order valence-electron chi connectivity index (χ4n) is 5.92. The number of aromatic nitrogens is 4. The van der Waals surface area contributed by atoms with E-state index in [2.05, 4.69) is 30.2 Å². The molecule has 0 unspecified atom stereocenters. The topological polar surface area (TPSA) is 122 Å². The Morgan fingerprint density at radius 1 is 0.732 bits per heavy atom. The van der Waals surface area contributed by atoms with Crippen molar-refractivity contribution in [3.63, 3.8) is 0 Å².